The molecule has 0 aromatic heterocycles. The van der Waals surface area contributed by atoms with Crippen LogP contribution in [0.15, 0.2) is 0 Å². The van der Waals surface area contributed by atoms with E-state index in [9.17, 15) is 0 Å². The van der Waals surface area contributed by atoms with Crippen LogP contribution in [0.25, 0.3) is 0 Å². The van der Waals surface area contributed by atoms with Crippen molar-refractivity contribution in [3.8, 4) is 0 Å². The second-order valence-corrected chi connectivity index (χ2v) is 3.49. The summed E-state index contributed by atoms with van der Waals surface area (Å²) in [6.07, 6.45) is 4.63. The molecule has 14 heteroatoms. The third kappa shape index (κ3) is 72.8. The molecule has 0 saturated heterocycles. The summed E-state index contributed by atoms with van der Waals surface area (Å²) < 4.78 is 0. The minimum absolute atomic E-state index is 0. The quantitative estimate of drug-likeness (QED) is 0.156. The van der Waals surface area contributed by atoms with Gasteiger partial charge in [-0.3, -0.25) is 0 Å². The van der Waals surface area contributed by atoms with Gasteiger partial charge in [0.25, 0.3) is 0 Å². The Morgan fingerprint density at radius 1 is 0.458 bits per heavy atom. The topological polar surface area (TPSA) is 76.1 Å². The molecular formula is C10H30Cl8N4Pt2. The predicted octanol–water partition coefficient (Wildman–Crippen LogP) is -10.7. The molecule has 166 valence electrons. The minimum Gasteiger partial charge on any atom is -1.00 e. The first-order valence-electron chi connectivity index (χ1n) is 5.73. The average Bonchev–Trinajstić information content (AvgIpc) is 2.21. The average molecular weight is 880 g/mol. The second kappa shape index (κ2) is 71.7. The Balaban J connectivity index is -0.0000000188. The van der Waals surface area contributed by atoms with Crippen molar-refractivity contribution in [2.75, 3.05) is 39.3 Å². The van der Waals surface area contributed by atoms with Crippen LogP contribution in [0, 0.1) is 0 Å². The van der Waals surface area contributed by atoms with Crippen molar-refractivity contribution in [3.63, 3.8) is 0 Å². The molecule has 0 fully saturated rings. The van der Waals surface area contributed by atoms with Crippen LogP contribution >= 0.6 is 49.6 Å². The molecule has 6 N–H and O–H groups in total. The number of nitrogens with two attached hydrogens (primary N) is 2. The predicted molar refractivity (Wildman–Crippen MR) is 91.3 cm³/mol. The first kappa shape index (κ1) is 70.9. The van der Waals surface area contributed by atoms with Gasteiger partial charge in [-0.2, -0.15) is 0 Å². The van der Waals surface area contributed by atoms with Crippen molar-refractivity contribution in [2.45, 2.75) is 25.7 Å². The van der Waals surface area contributed by atoms with Crippen molar-refractivity contribution in [2.24, 2.45) is 11.5 Å². The van der Waals surface area contributed by atoms with Crippen LogP contribution in [-0.2, 0) is 42.1 Å². The van der Waals surface area contributed by atoms with Crippen LogP contribution in [0.5, 0.6) is 0 Å². The number of rotatable bonds is 11. The molecule has 0 spiro atoms. The Morgan fingerprint density at radius 3 is 0.875 bits per heavy atom. The van der Waals surface area contributed by atoms with Crippen molar-refractivity contribution in [3.05, 3.63) is 0 Å². The second-order valence-electron chi connectivity index (χ2n) is 3.49. The van der Waals surface area contributed by atoms with Gasteiger partial charge in [-0.05, 0) is 65.0 Å². The molecule has 0 bridgehead atoms. The van der Waals surface area contributed by atoms with Crippen LogP contribution in [0.1, 0.15) is 25.7 Å². The van der Waals surface area contributed by atoms with E-state index in [4.69, 9.17) is 11.5 Å². The smallest absolute Gasteiger partial charge is 1.00 e. The van der Waals surface area contributed by atoms with E-state index in [1.807, 2.05) is 0 Å². The van der Waals surface area contributed by atoms with E-state index >= 15 is 0 Å². The molecule has 0 rings (SSSR count). The largest absolute Gasteiger partial charge is 2.00 e. The molecule has 0 unspecified atom stereocenters. The first-order chi connectivity index (χ1) is 6.91. The van der Waals surface area contributed by atoms with Gasteiger partial charge in [0.1, 0.15) is 0 Å². The maximum atomic E-state index is 5.38. The van der Waals surface area contributed by atoms with Gasteiger partial charge in [0.05, 0.1) is 0 Å². The van der Waals surface area contributed by atoms with Gasteiger partial charge in [0.2, 0.25) is 0 Å². The van der Waals surface area contributed by atoms with Gasteiger partial charge in [-0.15, -0.1) is 49.6 Å². The van der Waals surface area contributed by atoms with E-state index in [0.717, 1.165) is 52.1 Å². The minimum atomic E-state index is 0. The molecule has 0 radical (unpaired) electrons. The molecule has 4 nitrogen and oxygen atoms in total. The van der Waals surface area contributed by atoms with Crippen LogP contribution < -0.4 is 71.7 Å². The summed E-state index contributed by atoms with van der Waals surface area (Å²) in [6, 6.07) is 0. The number of unbranched alkanes of at least 4 members (excludes halogenated alkanes) is 1. The molecular weight excluding hydrogens is 850 g/mol. The Bertz CT molecular complexity index is 117. The fourth-order valence-electron chi connectivity index (χ4n) is 1.20. The maximum absolute atomic E-state index is 5.38. The zero-order valence-electron chi connectivity index (χ0n) is 13.0. The van der Waals surface area contributed by atoms with Gasteiger partial charge in [0, 0.05) is 0 Å². The summed E-state index contributed by atoms with van der Waals surface area (Å²) in [5.74, 6) is 0. The molecule has 0 aromatic rings. The van der Waals surface area contributed by atoms with Crippen molar-refractivity contribution >= 4 is 49.6 Å². The summed E-state index contributed by atoms with van der Waals surface area (Å²) >= 11 is 0. The molecule has 0 heterocycles. The summed E-state index contributed by atoms with van der Waals surface area (Å²) in [5.41, 5.74) is 10.8. The summed E-state index contributed by atoms with van der Waals surface area (Å²) in [7, 11) is 0. The summed E-state index contributed by atoms with van der Waals surface area (Å²) in [5, 5.41) is 6.72. The fraction of sp³-hybridized carbons (Fsp3) is 1.00. The van der Waals surface area contributed by atoms with Gasteiger partial charge < -0.3 is 71.7 Å². The third-order valence-corrected chi connectivity index (χ3v) is 2.07. The Morgan fingerprint density at radius 2 is 0.667 bits per heavy atom. The van der Waals surface area contributed by atoms with E-state index in [2.05, 4.69) is 10.6 Å². The zero-order chi connectivity index (χ0) is 10.5. The Kier molecular flexibility index (Phi) is 212. The summed E-state index contributed by atoms with van der Waals surface area (Å²) in [4.78, 5) is 0. The maximum Gasteiger partial charge on any atom is 2.00 e. The van der Waals surface area contributed by atoms with Gasteiger partial charge in [-0.1, -0.05) is 0 Å². The van der Waals surface area contributed by atoms with E-state index in [1.165, 1.54) is 12.8 Å². The van der Waals surface area contributed by atoms with E-state index in [1.54, 1.807) is 0 Å². The zero-order valence-corrected chi connectivity index (χ0v) is 23.8. The molecule has 0 aliphatic heterocycles. The first-order valence-corrected chi connectivity index (χ1v) is 5.73. The van der Waals surface area contributed by atoms with Crippen molar-refractivity contribution in [1.82, 2.24) is 10.6 Å². The molecule has 0 amide bonds. The summed E-state index contributed by atoms with van der Waals surface area (Å²) in [6.45, 7) is 5.90. The van der Waals surface area contributed by atoms with Gasteiger partial charge >= 0.3 is 42.1 Å². The number of nitrogens with one attached hydrogen (secondary N) is 2. The Labute approximate surface area is 226 Å². The molecule has 0 aliphatic carbocycles. The van der Waals surface area contributed by atoms with Gasteiger partial charge in [-0.25, -0.2) is 0 Å². The Hall–Kier alpha value is 3.54. The fourth-order valence-corrected chi connectivity index (χ4v) is 1.20. The number of hydrogen-bond acceptors (Lipinski definition) is 4. The third-order valence-electron chi connectivity index (χ3n) is 2.07. The SMILES string of the molecule is Cl.Cl.Cl.Cl.NCCCNCCCCNCCCN.[Cl-].[Cl-].[Cl-].[Cl-].[Pt+2].[Pt+2]. The van der Waals surface area contributed by atoms with Gasteiger partial charge in [0.15, 0.2) is 0 Å². The molecule has 0 aliphatic rings. The molecule has 0 atom stereocenters. The number of halogens is 8. The normalized spacial score (nSPS) is 6.25. The van der Waals surface area contributed by atoms with Crippen LogP contribution in [-0.4, -0.2) is 39.3 Å². The van der Waals surface area contributed by atoms with Crippen LogP contribution in [0.4, 0.5) is 0 Å². The monoisotopic (exact) mass is 876 g/mol. The molecule has 0 aromatic carbocycles. The van der Waals surface area contributed by atoms with E-state index in [0.29, 0.717) is 0 Å². The van der Waals surface area contributed by atoms with Crippen molar-refractivity contribution in [1.29, 1.82) is 0 Å². The van der Waals surface area contributed by atoms with Crippen LogP contribution in [0.2, 0.25) is 0 Å². The van der Waals surface area contributed by atoms with E-state index in [-0.39, 0.29) is 141 Å². The standard InChI is InChI=1S/C10H26N4.8ClH.2Pt/c11-5-3-9-13-7-1-2-8-14-10-4-6-12;;;;;;;;;;/h13-14H,1-12H2;8*1H;;/q;;;;;;;;;2*+2/p-4. The van der Waals surface area contributed by atoms with E-state index < -0.39 is 0 Å². The van der Waals surface area contributed by atoms with Crippen molar-refractivity contribution < 1.29 is 91.8 Å². The molecule has 0 saturated carbocycles. The van der Waals surface area contributed by atoms with Crippen LogP contribution in [0.3, 0.4) is 0 Å². The number of hydrogen-bond donors (Lipinski definition) is 4. The molecule has 24 heavy (non-hydrogen) atoms.